The zero-order valence-corrected chi connectivity index (χ0v) is 13.9. The van der Waals surface area contributed by atoms with Crippen LogP contribution in [0.3, 0.4) is 0 Å². The number of hydrogen-bond donors (Lipinski definition) is 1. The van der Waals surface area contributed by atoms with Crippen LogP contribution in [0.1, 0.15) is 71.5 Å². The van der Waals surface area contributed by atoms with Crippen molar-refractivity contribution in [3.05, 3.63) is 56.8 Å². The van der Waals surface area contributed by atoms with Crippen LogP contribution in [-0.4, -0.2) is 0 Å². The highest BCUT2D eigenvalue weighted by Gasteiger charge is 2.17. The summed E-state index contributed by atoms with van der Waals surface area (Å²) in [6.45, 7) is 4.45. The Bertz CT molecular complexity index is 571. The molecule has 0 amide bonds. The molecule has 1 aliphatic carbocycles. The van der Waals surface area contributed by atoms with Gasteiger partial charge in [0.15, 0.2) is 0 Å². The van der Waals surface area contributed by atoms with Gasteiger partial charge < -0.3 is 5.73 Å². The Balaban J connectivity index is 1.83. The fraction of sp³-hybridized carbons (Fsp3) is 0.474. The summed E-state index contributed by atoms with van der Waals surface area (Å²) in [6.07, 6.45) is 6.54. The van der Waals surface area contributed by atoms with Gasteiger partial charge in [-0.1, -0.05) is 44.5 Å². The average Bonchev–Trinajstić information content (AvgIpc) is 2.77. The summed E-state index contributed by atoms with van der Waals surface area (Å²) in [5.74, 6) is 0.577. The zero-order chi connectivity index (χ0) is 14.8. The maximum Gasteiger partial charge on any atom is 0.0646 e. The van der Waals surface area contributed by atoms with Gasteiger partial charge in [0.2, 0.25) is 0 Å². The molecule has 0 saturated carbocycles. The van der Waals surface area contributed by atoms with Crippen molar-refractivity contribution in [2.24, 2.45) is 5.73 Å². The van der Waals surface area contributed by atoms with Crippen molar-refractivity contribution in [2.75, 3.05) is 0 Å². The van der Waals surface area contributed by atoms with Crippen molar-refractivity contribution in [1.82, 2.24) is 0 Å². The van der Waals surface area contributed by atoms with Crippen LogP contribution >= 0.6 is 11.3 Å². The van der Waals surface area contributed by atoms with E-state index >= 15 is 0 Å². The lowest BCUT2D eigenvalue weighted by Gasteiger charge is -2.12. The summed E-state index contributed by atoms with van der Waals surface area (Å²) in [4.78, 5) is 2.91. The summed E-state index contributed by atoms with van der Waals surface area (Å²) in [5, 5.41) is 0. The molecule has 0 saturated heterocycles. The lowest BCUT2D eigenvalue weighted by Crippen LogP contribution is -2.10. The molecule has 1 aliphatic rings. The number of hydrogen-bond acceptors (Lipinski definition) is 2. The number of fused-ring (bicyclic) bond motifs is 1. The van der Waals surface area contributed by atoms with Crippen LogP contribution in [0.25, 0.3) is 0 Å². The molecular weight excluding hydrogens is 274 g/mol. The summed E-state index contributed by atoms with van der Waals surface area (Å²) in [5.41, 5.74) is 10.7. The van der Waals surface area contributed by atoms with Gasteiger partial charge >= 0.3 is 0 Å². The van der Waals surface area contributed by atoms with Crippen molar-refractivity contribution in [3.63, 3.8) is 0 Å². The Morgan fingerprint density at radius 2 is 1.62 bits per heavy atom. The Kier molecular flexibility index (Phi) is 4.46. The Morgan fingerprint density at radius 1 is 0.952 bits per heavy atom. The third kappa shape index (κ3) is 3.22. The molecule has 0 aliphatic heterocycles. The van der Waals surface area contributed by atoms with Crippen LogP contribution in [0.5, 0.6) is 0 Å². The highest BCUT2D eigenvalue weighted by Crippen LogP contribution is 2.34. The maximum absolute atomic E-state index is 6.50. The number of benzene rings is 1. The second-order valence-electron chi connectivity index (χ2n) is 6.46. The highest BCUT2D eigenvalue weighted by atomic mass is 32.1. The standard InChI is InChI=1S/C19H25NS/c1-13(2)14-8-10-15(11-9-14)19(20)18-12-16-6-4-3-5-7-17(16)21-18/h8-13,19H,3-7,20H2,1-2H3. The van der Waals surface area contributed by atoms with Gasteiger partial charge in [-0.3, -0.25) is 0 Å². The van der Waals surface area contributed by atoms with Gasteiger partial charge in [-0.05, 0) is 54.4 Å². The van der Waals surface area contributed by atoms with Crippen molar-refractivity contribution < 1.29 is 0 Å². The Labute approximate surface area is 132 Å². The first kappa shape index (κ1) is 14.8. The van der Waals surface area contributed by atoms with E-state index in [9.17, 15) is 0 Å². The molecule has 0 spiro atoms. The molecule has 2 heteroatoms. The van der Waals surface area contributed by atoms with E-state index in [0.29, 0.717) is 5.92 Å². The fourth-order valence-corrected chi connectivity index (χ4v) is 4.38. The maximum atomic E-state index is 6.50. The van der Waals surface area contributed by atoms with Crippen LogP contribution in [0, 0.1) is 0 Å². The van der Waals surface area contributed by atoms with Gasteiger partial charge in [0, 0.05) is 9.75 Å². The first-order chi connectivity index (χ1) is 10.1. The van der Waals surface area contributed by atoms with Gasteiger partial charge in [-0.25, -0.2) is 0 Å². The molecular formula is C19H25NS. The van der Waals surface area contributed by atoms with Gasteiger partial charge in [0.1, 0.15) is 0 Å². The molecule has 1 heterocycles. The smallest absolute Gasteiger partial charge is 0.0646 e. The SMILES string of the molecule is CC(C)c1ccc(C(N)c2cc3c(s2)CCCCC3)cc1. The Hall–Kier alpha value is -1.12. The minimum atomic E-state index is 0.0307. The normalized spacial score (nSPS) is 16.6. The van der Waals surface area contributed by atoms with E-state index in [-0.39, 0.29) is 6.04 Å². The monoisotopic (exact) mass is 299 g/mol. The van der Waals surface area contributed by atoms with Crippen LogP contribution in [0.4, 0.5) is 0 Å². The molecule has 1 aromatic heterocycles. The largest absolute Gasteiger partial charge is 0.320 e. The van der Waals surface area contributed by atoms with Crippen LogP contribution in [0.2, 0.25) is 0 Å². The van der Waals surface area contributed by atoms with E-state index in [2.05, 4.69) is 44.2 Å². The predicted molar refractivity (Wildman–Crippen MR) is 92.1 cm³/mol. The first-order valence-corrected chi connectivity index (χ1v) is 8.93. The third-order valence-corrected chi connectivity index (χ3v) is 5.85. The summed E-state index contributed by atoms with van der Waals surface area (Å²) < 4.78 is 0. The van der Waals surface area contributed by atoms with E-state index in [1.54, 1.807) is 10.4 Å². The summed E-state index contributed by atoms with van der Waals surface area (Å²) >= 11 is 1.94. The van der Waals surface area contributed by atoms with Crippen molar-refractivity contribution in [2.45, 2.75) is 57.9 Å². The third-order valence-electron chi connectivity index (χ3n) is 4.53. The minimum Gasteiger partial charge on any atom is -0.320 e. The highest BCUT2D eigenvalue weighted by molar-refractivity contribution is 7.12. The number of nitrogens with two attached hydrogens (primary N) is 1. The second-order valence-corrected chi connectivity index (χ2v) is 7.63. The van der Waals surface area contributed by atoms with E-state index in [1.165, 1.54) is 48.1 Å². The molecule has 1 atom stereocenters. The van der Waals surface area contributed by atoms with Crippen LogP contribution < -0.4 is 5.73 Å². The second kappa shape index (κ2) is 6.33. The first-order valence-electron chi connectivity index (χ1n) is 8.12. The molecule has 21 heavy (non-hydrogen) atoms. The van der Waals surface area contributed by atoms with E-state index in [0.717, 1.165) is 0 Å². The van der Waals surface area contributed by atoms with Crippen LogP contribution in [0.15, 0.2) is 30.3 Å². The molecule has 2 aromatic rings. The summed E-state index contributed by atoms with van der Waals surface area (Å²) in [6, 6.07) is 11.2. The molecule has 0 radical (unpaired) electrons. The number of rotatable bonds is 3. The van der Waals surface area contributed by atoms with Gasteiger partial charge in [-0.2, -0.15) is 0 Å². The van der Waals surface area contributed by atoms with E-state index in [1.807, 2.05) is 11.3 Å². The quantitative estimate of drug-likeness (QED) is 0.776. The Morgan fingerprint density at radius 3 is 2.33 bits per heavy atom. The van der Waals surface area contributed by atoms with Gasteiger partial charge in [-0.15, -0.1) is 11.3 Å². The van der Waals surface area contributed by atoms with E-state index < -0.39 is 0 Å². The van der Waals surface area contributed by atoms with E-state index in [4.69, 9.17) is 5.73 Å². The number of aryl methyl sites for hydroxylation is 2. The van der Waals surface area contributed by atoms with Gasteiger partial charge in [0.25, 0.3) is 0 Å². The average molecular weight is 299 g/mol. The molecule has 1 aromatic carbocycles. The summed E-state index contributed by atoms with van der Waals surface area (Å²) in [7, 11) is 0. The molecule has 0 fully saturated rings. The molecule has 3 rings (SSSR count). The van der Waals surface area contributed by atoms with Gasteiger partial charge in [0.05, 0.1) is 6.04 Å². The predicted octanol–water partition coefficient (Wildman–Crippen LogP) is 5.19. The fourth-order valence-electron chi connectivity index (χ4n) is 3.10. The number of thiophene rings is 1. The topological polar surface area (TPSA) is 26.0 Å². The van der Waals surface area contributed by atoms with Crippen molar-refractivity contribution in [3.8, 4) is 0 Å². The minimum absolute atomic E-state index is 0.0307. The molecule has 2 N–H and O–H groups in total. The molecule has 1 unspecified atom stereocenters. The lowest BCUT2D eigenvalue weighted by molar-refractivity contribution is 0.712. The zero-order valence-electron chi connectivity index (χ0n) is 13.1. The molecule has 112 valence electrons. The van der Waals surface area contributed by atoms with Crippen molar-refractivity contribution in [1.29, 1.82) is 0 Å². The molecule has 0 bridgehead atoms. The molecule has 1 nitrogen and oxygen atoms in total. The van der Waals surface area contributed by atoms with Crippen LogP contribution in [-0.2, 0) is 12.8 Å². The van der Waals surface area contributed by atoms with Crippen molar-refractivity contribution >= 4 is 11.3 Å². The lowest BCUT2D eigenvalue weighted by atomic mass is 9.98.